The Bertz CT molecular complexity index is 107. The highest BCUT2D eigenvalue weighted by Gasteiger charge is 2.12. The van der Waals surface area contributed by atoms with E-state index < -0.39 is 12.0 Å². The minimum atomic E-state index is -0.934. The van der Waals surface area contributed by atoms with E-state index in [0.29, 0.717) is 13.1 Å². The number of hydrogen-bond donors (Lipinski definition) is 4. The molecule has 0 fully saturated rings. The molecule has 0 aliphatic rings. The predicted octanol–water partition coefficient (Wildman–Crippen LogP) is -2.05. The Kier molecular flexibility index (Phi) is 4.82. The molecular formula is C5H13N3O2. The molecule has 0 amide bonds. The van der Waals surface area contributed by atoms with Crippen molar-refractivity contribution in [3.8, 4) is 0 Å². The third-order valence-corrected chi connectivity index (χ3v) is 1.07. The third kappa shape index (κ3) is 3.39. The molecule has 0 aliphatic heterocycles. The molecule has 0 aliphatic carbocycles. The van der Waals surface area contributed by atoms with Crippen molar-refractivity contribution >= 4 is 5.97 Å². The van der Waals surface area contributed by atoms with Gasteiger partial charge in [-0.25, -0.2) is 0 Å². The summed E-state index contributed by atoms with van der Waals surface area (Å²) in [5.74, 6) is -0.934. The SMILES string of the molecule is NCCNC(CN)C(=O)O. The third-order valence-electron chi connectivity index (χ3n) is 1.07. The molecule has 1 atom stereocenters. The van der Waals surface area contributed by atoms with E-state index in [1.54, 1.807) is 0 Å². The summed E-state index contributed by atoms with van der Waals surface area (Å²) in [6, 6.07) is -0.663. The summed E-state index contributed by atoms with van der Waals surface area (Å²) >= 11 is 0. The number of carboxylic acid groups (broad SMARTS) is 1. The van der Waals surface area contributed by atoms with Gasteiger partial charge in [0, 0.05) is 19.6 Å². The first kappa shape index (κ1) is 9.35. The number of nitrogens with one attached hydrogen (secondary N) is 1. The van der Waals surface area contributed by atoms with Gasteiger partial charge in [-0.15, -0.1) is 0 Å². The van der Waals surface area contributed by atoms with E-state index in [1.165, 1.54) is 0 Å². The Labute approximate surface area is 59.4 Å². The number of aliphatic carboxylic acids is 1. The second kappa shape index (κ2) is 5.16. The molecule has 0 aromatic rings. The molecule has 0 radical (unpaired) electrons. The van der Waals surface area contributed by atoms with Gasteiger partial charge in [0.15, 0.2) is 0 Å². The minimum Gasteiger partial charge on any atom is -0.480 e. The maximum Gasteiger partial charge on any atom is 0.322 e. The predicted molar refractivity (Wildman–Crippen MR) is 37.5 cm³/mol. The first-order valence-corrected chi connectivity index (χ1v) is 3.08. The summed E-state index contributed by atoms with van der Waals surface area (Å²) in [6.07, 6.45) is 0. The van der Waals surface area contributed by atoms with Crippen molar-refractivity contribution < 1.29 is 9.90 Å². The van der Waals surface area contributed by atoms with Crippen LogP contribution in [0, 0.1) is 0 Å². The van der Waals surface area contributed by atoms with E-state index in [4.69, 9.17) is 16.6 Å². The fraction of sp³-hybridized carbons (Fsp3) is 0.800. The minimum absolute atomic E-state index is 0.0926. The van der Waals surface area contributed by atoms with E-state index in [0.717, 1.165) is 0 Å². The fourth-order valence-electron chi connectivity index (χ4n) is 0.529. The Morgan fingerprint density at radius 3 is 2.50 bits per heavy atom. The van der Waals surface area contributed by atoms with Crippen LogP contribution in [0.3, 0.4) is 0 Å². The zero-order valence-corrected chi connectivity index (χ0v) is 5.71. The van der Waals surface area contributed by atoms with Crippen molar-refractivity contribution in [2.24, 2.45) is 11.5 Å². The highest BCUT2D eigenvalue weighted by Crippen LogP contribution is 1.77. The van der Waals surface area contributed by atoms with Crippen LogP contribution >= 0.6 is 0 Å². The van der Waals surface area contributed by atoms with E-state index in [-0.39, 0.29) is 6.54 Å². The number of nitrogens with two attached hydrogens (primary N) is 2. The Hall–Kier alpha value is -0.650. The summed E-state index contributed by atoms with van der Waals surface area (Å²) in [7, 11) is 0. The van der Waals surface area contributed by atoms with Crippen LogP contribution in [0.2, 0.25) is 0 Å². The van der Waals surface area contributed by atoms with Crippen LogP contribution in [0.15, 0.2) is 0 Å². The summed E-state index contributed by atoms with van der Waals surface area (Å²) in [5.41, 5.74) is 10.3. The molecule has 0 aromatic carbocycles. The topological polar surface area (TPSA) is 101 Å². The van der Waals surface area contributed by atoms with Crippen LogP contribution in [0.5, 0.6) is 0 Å². The van der Waals surface area contributed by atoms with Crippen LogP contribution in [0.4, 0.5) is 0 Å². The fourth-order valence-corrected chi connectivity index (χ4v) is 0.529. The molecule has 0 bridgehead atoms. The molecular weight excluding hydrogens is 134 g/mol. The number of rotatable bonds is 5. The first-order chi connectivity index (χ1) is 4.72. The lowest BCUT2D eigenvalue weighted by Crippen LogP contribution is -2.44. The lowest BCUT2D eigenvalue weighted by Gasteiger charge is -2.09. The molecule has 10 heavy (non-hydrogen) atoms. The van der Waals surface area contributed by atoms with Gasteiger partial charge in [-0.05, 0) is 0 Å². The quantitative estimate of drug-likeness (QED) is 0.358. The van der Waals surface area contributed by atoms with Crippen LogP contribution in [-0.2, 0) is 4.79 Å². The largest absolute Gasteiger partial charge is 0.480 e. The monoisotopic (exact) mass is 147 g/mol. The maximum absolute atomic E-state index is 10.3. The lowest BCUT2D eigenvalue weighted by molar-refractivity contribution is -0.139. The molecule has 0 rings (SSSR count). The number of carbonyl (C=O) groups is 1. The van der Waals surface area contributed by atoms with Crippen LogP contribution in [-0.4, -0.2) is 36.8 Å². The van der Waals surface area contributed by atoms with Gasteiger partial charge in [0.1, 0.15) is 6.04 Å². The molecule has 5 heteroatoms. The van der Waals surface area contributed by atoms with Crippen molar-refractivity contribution in [2.45, 2.75) is 6.04 Å². The molecule has 60 valence electrons. The summed E-state index contributed by atoms with van der Waals surface area (Å²) in [6.45, 7) is 0.993. The standard InChI is InChI=1S/C5H13N3O2/c6-1-2-8-4(3-7)5(9)10/h4,8H,1-3,6-7H2,(H,9,10). The molecule has 0 spiro atoms. The zero-order valence-electron chi connectivity index (χ0n) is 5.71. The molecule has 0 saturated carbocycles. The van der Waals surface area contributed by atoms with Gasteiger partial charge >= 0.3 is 5.97 Å². The summed E-state index contributed by atoms with van der Waals surface area (Å²) in [5, 5.41) is 11.1. The van der Waals surface area contributed by atoms with Gasteiger partial charge in [0.25, 0.3) is 0 Å². The average molecular weight is 147 g/mol. The summed E-state index contributed by atoms with van der Waals surface area (Å²) < 4.78 is 0. The van der Waals surface area contributed by atoms with Crippen molar-refractivity contribution in [2.75, 3.05) is 19.6 Å². The van der Waals surface area contributed by atoms with Crippen molar-refractivity contribution in [1.29, 1.82) is 0 Å². The molecule has 0 heterocycles. The zero-order chi connectivity index (χ0) is 7.98. The maximum atomic E-state index is 10.3. The Morgan fingerprint density at radius 1 is 1.60 bits per heavy atom. The normalized spacial score (nSPS) is 13.0. The van der Waals surface area contributed by atoms with Crippen molar-refractivity contribution in [1.82, 2.24) is 5.32 Å². The molecule has 0 aromatic heterocycles. The van der Waals surface area contributed by atoms with E-state index in [9.17, 15) is 4.79 Å². The summed E-state index contributed by atoms with van der Waals surface area (Å²) in [4.78, 5) is 10.3. The first-order valence-electron chi connectivity index (χ1n) is 3.08. The lowest BCUT2D eigenvalue weighted by atomic mass is 10.3. The smallest absolute Gasteiger partial charge is 0.322 e. The van der Waals surface area contributed by atoms with Gasteiger partial charge in [-0.3, -0.25) is 4.79 Å². The Balaban J connectivity index is 3.50. The second-order valence-corrected chi connectivity index (χ2v) is 1.87. The van der Waals surface area contributed by atoms with Crippen LogP contribution < -0.4 is 16.8 Å². The highest BCUT2D eigenvalue weighted by molar-refractivity contribution is 5.73. The van der Waals surface area contributed by atoms with Crippen molar-refractivity contribution in [3.63, 3.8) is 0 Å². The van der Waals surface area contributed by atoms with Gasteiger partial charge in [0.05, 0.1) is 0 Å². The second-order valence-electron chi connectivity index (χ2n) is 1.87. The molecule has 5 nitrogen and oxygen atoms in total. The number of hydrogen-bond acceptors (Lipinski definition) is 4. The van der Waals surface area contributed by atoms with E-state index in [2.05, 4.69) is 5.32 Å². The van der Waals surface area contributed by atoms with Gasteiger partial charge in [-0.1, -0.05) is 0 Å². The van der Waals surface area contributed by atoms with Gasteiger partial charge < -0.3 is 21.9 Å². The molecule has 1 unspecified atom stereocenters. The molecule has 0 saturated heterocycles. The van der Waals surface area contributed by atoms with E-state index in [1.807, 2.05) is 0 Å². The van der Waals surface area contributed by atoms with Crippen molar-refractivity contribution in [3.05, 3.63) is 0 Å². The van der Waals surface area contributed by atoms with Gasteiger partial charge in [0.2, 0.25) is 0 Å². The van der Waals surface area contributed by atoms with Crippen LogP contribution in [0.1, 0.15) is 0 Å². The number of carboxylic acids is 1. The molecule has 6 N–H and O–H groups in total. The Morgan fingerprint density at radius 2 is 2.20 bits per heavy atom. The van der Waals surface area contributed by atoms with Crippen LogP contribution in [0.25, 0.3) is 0 Å². The highest BCUT2D eigenvalue weighted by atomic mass is 16.4. The van der Waals surface area contributed by atoms with Gasteiger partial charge in [-0.2, -0.15) is 0 Å². The van der Waals surface area contributed by atoms with E-state index >= 15 is 0 Å². The average Bonchev–Trinajstić information content (AvgIpc) is 1.89.